The van der Waals surface area contributed by atoms with Gasteiger partial charge in [0.15, 0.2) is 6.04 Å². The van der Waals surface area contributed by atoms with E-state index in [2.05, 4.69) is 31.9 Å². The number of amides is 10. The summed E-state index contributed by atoms with van der Waals surface area (Å²) in [4.78, 5) is 161. The minimum atomic E-state index is -1.78. The Bertz CT molecular complexity index is 2420. The zero-order chi connectivity index (χ0) is 71.0. The van der Waals surface area contributed by atoms with Crippen LogP contribution in [0.4, 0.5) is 0 Å². The molecule has 0 aliphatic rings. The fraction of sp³-hybridized carbons (Fsp3) is 0.803. The van der Waals surface area contributed by atoms with Crippen LogP contribution in [-0.4, -0.2) is 226 Å². The molecular weight excluding hydrogens is 1170 g/mol. The second kappa shape index (κ2) is 40.0. The van der Waals surface area contributed by atoms with Crippen LogP contribution in [0.15, 0.2) is 12.2 Å². The Morgan fingerprint density at radius 2 is 0.736 bits per heavy atom. The Labute approximate surface area is 544 Å². The summed E-state index contributed by atoms with van der Waals surface area (Å²) in [5.74, 6) is -9.76. The quantitative estimate of drug-likeness (QED) is 0.0397. The van der Waals surface area contributed by atoms with E-state index in [0.717, 1.165) is 9.80 Å². The summed E-state index contributed by atoms with van der Waals surface area (Å²) in [6, 6.07) is -13.3. The molecule has 91 heavy (non-hydrogen) atoms. The fourth-order valence-corrected chi connectivity index (χ4v) is 11.0. The van der Waals surface area contributed by atoms with E-state index >= 15 is 0 Å². The van der Waals surface area contributed by atoms with Crippen LogP contribution in [0.3, 0.4) is 0 Å². The highest BCUT2D eigenvalue weighted by Crippen LogP contribution is 2.24. The van der Waals surface area contributed by atoms with Crippen LogP contribution >= 0.6 is 0 Å². The summed E-state index contributed by atoms with van der Waals surface area (Å²) in [6.45, 7) is 33.5. The zero-order valence-corrected chi connectivity index (χ0v) is 59.8. The van der Waals surface area contributed by atoms with E-state index in [0.29, 0.717) is 12.8 Å². The molecule has 14 atom stereocenters. The average Bonchev–Trinajstić information content (AvgIpc) is 1.09. The van der Waals surface area contributed by atoms with Crippen LogP contribution in [0.25, 0.3) is 0 Å². The summed E-state index contributed by atoms with van der Waals surface area (Å²) >= 11 is 0. The third-order valence-corrected chi connectivity index (χ3v) is 16.3. The van der Waals surface area contributed by atoms with Gasteiger partial charge in [0, 0.05) is 35.2 Å². The van der Waals surface area contributed by atoms with Gasteiger partial charge in [0.2, 0.25) is 59.1 Å². The summed E-state index contributed by atoms with van der Waals surface area (Å²) in [6.07, 6.45) is 2.18. The number of rotatable bonds is 40. The predicted octanol–water partition coefficient (Wildman–Crippen LogP) is 3.53. The molecule has 0 spiro atoms. The lowest BCUT2D eigenvalue weighted by Gasteiger charge is -2.40. The lowest BCUT2D eigenvalue weighted by Crippen LogP contribution is -2.63. The topological polar surface area (TPSA) is 337 Å². The van der Waals surface area contributed by atoms with Crippen LogP contribution in [0.5, 0.6) is 0 Å². The second-order valence-electron chi connectivity index (χ2n) is 28.0. The number of hydrogen-bond acceptors (Lipinski definition) is 14. The van der Waals surface area contributed by atoms with Crippen molar-refractivity contribution in [2.24, 2.45) is 47.3 Å². The maximum atomic E-state index is 14.8. The minimum Gasteiger partial charge on any atom is -0.480 e. The number of likely N-dealkylation sites (N-methyl/N-ethyl adjacent to an activating group) is 6. The van der Waals surface area contributed by atoms with E-state index < -0.39 is 150 Å². The van der Waals surface area contributed by atoms with Crippen molar-refractivity contribution < 1.29 is 68.1 Å². The van der Waals surface area contributed by atoms with Crippen molar-refractivity contribution >= 4 is 65.0 Å². The van der Waals surface area contributed by atoms with Gasteiger partial charge in [0.05, 0.1) is 18.2 Å². The molecule has 0 saturated carbocycles. The maximum Gasteiger partial charge on any atom is 0.328 e. The van der Waals surface area contributed by atoms with Crippen molar-refractivity contribution in [3.05, 3.63) is 12.2 Å². The van der Waals surface area contributed by atoms with Gasteiger partial charge in [0.1, 0.15) is 54.4 Å². The molecule has 10 amide bonds. The van der Waals surface area contributed by atoms with Gasteiger partial charge in [0.25, 0.3) is 0 Å². The molecule has 25 nitrogen and oxygen atoms in total. The Morgan fingerprint density at radius 3 is 1.09 bits per heavy atom. The predicted molar refractivity (Wildman–Crippen MR) is 352 cm³/mol. The van der Waals surface area contributed by atoms with Gasteiger partial charge in [-0.25, -0.2) is 4.79 Å². The molecular formula is C66H121N11O14. The lowest BCUT2D eigenvalue weighted by molar-refractivity contribution is -0.155. The molecule has 0 aromatic heterocycles. The molecule has 0 bridgehead atoms. The van der Waals surface area contributed by atoms with Crippen molar-refractivity contribution in [2.75, 3.05) is 42.3 Å². The van der Waals surface area contributed by atoms with E-state index in [1.54, 1.807) is 53.9 Å². The van der Waals surface area contributed by atoms with E-state index in [-0.39, 0.29) is 73.5 Å². The molecule has 9 N–H and O–H groups in total. The number of carboxylic acid groups (broad SMARTS) is 1. The van der Waals surface area contributed by atoms with Gasteiger partial charge < -0.3 is 71.7 Å². The molecule has 0 radical (unpaired) electrons. The monoisotopic (exact) mass is 1290 g/mol. The van der Waals surface area contributed by atoms with Gasteiger partial charge >= 0.3 is 5.97 Å². The molecule has 25 heteroatoms. The Morgan fingerprint density at radius 1 is 0.396 bits per heavy atom. The zero-order valence-electron chi connectivity index (χ0n) is 59.8. The van der Waals surface area contributed by atoms with Crippen LogP contribution in [0, 0.1) is 47.3 Å². The SMILES string of the molecule is CC=CC[C@@H](C)[C@@H](O)[C@@H](C(=O)N[C@H](C(=O)O)[C@@H](C)O)N(C)C(=O)[C@H](C(C)C)N(C)C(=O)[C@H](CC(C)C)NC(=O)[C@H](CC(C)C)N(C)C(=O)[C@@H](C)NC(=O)[C@H](C)NC(=O)[C@H](CC(C)C)N(C)C(=O)[C@H](CC(C)C)NC(=O)[C@H](CC(C)C)N(C)C(=O)[C@@H](CC(C)C)NC. The third kappa shape index (κ3) is 27.1. The smallest absolute Gasteiger partial charge is 0.328 e. The van der Waals surface area contributed by atoms with Crippen molar-refractivity contribution in [3.63, 3.8) is 0 Å². The number of aliphatic hydroxyl groups excluding tert-OH is 2. The standard InChI is InChI=1S/C66H121N11O14/c1-26-27-28-42(16)55(79)54(60(84)72-52(45(19)78)66(90)91)77(25)65(89)53(41(14)15)76(24)64(88)48(31-37(6)7)71-58(82)50(33-39(10)11)73(21)61(85)44(18)69-56(80)43(17)68-57(81)49(32-38(8)9)75(23)63(87)47(30-36(4)5)70-59(83)51(34-40(12)13)74(22)62(86)46(67-20)29-35(2)3/h26-27,35-55,67,78-79H,28-34H2,1-25H3,(H,68,81)(H,69,80)(H,70,83)(H,71,82)(H,72,84)(H,90,91)/t42-,43+,44-,45-,46-,47+,48+,49+,50+,51+,52+,53+,54+,55-/m1/s1. The van der Waals surface area contributed by atoms with Gasteiger partial charge in [-0.05, 0) is 127 Å². The van der Waals surface area contributed by atoms with Crippen molar-refractivity contribution in [1.29, 1.82) is 0 Å². The minimum absolute atomic E-state index is 0.0144. The number of hydrogen-bond donors (Lipinski definition) is 9. The highest BCUT2D eigenvalue weighted by Gasteiger charge is 2.45. The number of nitrogens with one attached hydrogen (secondary N) is 6. The van der Waals surface area contributed by atoms with E-state index in [4.69, 9.17) is 0 Å². The number of nitrogens with zero attached hydrogens (tertiary/aromatic N) is 5. The first kappa shape index (κ1) is 84.8. The normalized spacial score (nSPS) is 16.5. The van der Waals surface area contributed by atoms with Gasteiger partial charge in [-0.15, -0.1) is 0 Å². The molecule has 0 heterocycles. The highest BCUT2D eigenvalue weighted by atomic mass is 16.4. The Balaban J connectivity index is 6.88. The number of carbonyl (C=O) groups excluding carboxylic acids is 10. The largest absolute Gasteiger partial charge is 0.480 e. The van der Waals surface area contributed by atoms with Crippen molar-refractivity contribution in [2.45, 2.75) is 255 Å². The molecule has 524 valence electrons. The number of aliphatic carboxylic acids is 1. The third-order valence-electron chi connectivity index (χ3n) is 16.3. The molecule has 0 unspecified atom stereocenters. The molecule has 0 saturated heterocycles. The first-order valence-electron chi connectivity index (χ1n) is 32.6. The van der Waals surface area contributed by atoms with Gasteiger partial charge in [-0.3, -0.25) is 47.9 Å². The lowest BCUT2D eigenvalue weighted by atomic mass is 9.91. The fourth-order valence-electron chi connectivity index (χ4n) is 11.0. The van der Waals surface area contributed by atoms with Crippen LogP contribution in [-0.2, 0) is 52.7 Å². The van der Waals surface area contributed by atoms with E-state index in [9.17, 15) is 68.1 Å². The number of aliphatic hydroxyl groups is 2. The van der Waals surface area contributed by atoms with Crippen LogP contribution < -0.4 is 31.9 Å². The van der Waals surface area contributed by atoms with Crippen molar-refractivity contribution in [1.82, 2.24) is 56.4 Å². The summed E-state index contributed by atoms with van der Waals surface area (Å²) in [7, 11) is 8.79. The number of carbonyl (C=O) groups is 11. The Kier molecular flexibility index (Phi) is 37.3. The molecule has 0 aromatic carbocycles. The Hall–Kier alpha value is -6.21. The first-order valence-corrected chi connectivity index (χ1v) is 32.6. The molecule has 0 aromatic rings. The number of allylic oxidation sites excluding steroid dienone is 2. The van der Waals surface area contributed by atoms with Crippen LogP contribution in [0.1, 0.15) is 176 Å². The highest BCUT2D eigenvalue weighted by molar-refractivity contribution is 5.99. The summed E-state index contributed by atoms with van der Waals surface area (Å²) in [5.41, 5.74) is 0. The van der Waals surface area contributed by atoms with Crippen molar-refractivity contribution in [3.8, 4) is 0 Å². The molecule has 0 aliphatic heterocycles. The first-order chi connectivity index (χ1) is 41.9. The molecule has 0 aliphatic carbocycles. The van der Waals surface area contributed by atoms with Crippen LogP contribution in [0.2, 0.25) is 0 Å². The number of carboxylic acids is 1. The van der Waals surface area contributed by atoms with Gasteiger partial charge in [-0.1, -0.05) is 116 Å². The summed E-state index contributed by atoms with van der Waals surface area (Å²) in [5, 5.41) is 48.1. The van der Waals surface area contributed by atoms with E-state index in [1.807, 2.05) is 83.1 Å². The molecule has 0 fully saturated rings. The van der Waals surface area contributed by atoms with E-state index in [1.165, 1.54) is 63.7 Å². The average molecular weight is 1290 g/mol. The van der Waals surface area contributed by atoms with Gasteiger partial charge in [-0.2, -0.15) is 0 Å². The summed E-state index contributed by atoms with van der Waals surface area (Å²) < 4.78 is 0. The second-order valence-corrected chi connectivity index (χ2v) is 28.0. The molecule has 0 rings (SSSR count). The maximum absolute atomic E-state index is 14.8.